The van der Waals surface area contributed by atoms with Gasteiger partial charge in [0.05, 0.1) is 31.8 Å². The number of methoxy groups -OCH3 is 2. The molecule has 0 saturated heterocycles. The van der Waals surface area contributed by atoms with Crippen molar-refractivity contribution in [3.63, 3.8) is 0 Å². The minimum atomic E-state index is -0.471. The van der Waals surface area contributed by atoms with E-state index in [-0.39, 0.29) is 5.69 Å². The van der Waals surface area contributed by atoms with Crippen LogP contribution in [0.1, 0.15) is 5.56 Å². The molecule has 2 rings (SSSR count). The molecule has 0 spiro atoms. The van der Waals surface area contributed by atoms with Crippen LogP contribution in [-0.4, -0.2) is 14.2 Å². The summed E-state index contributed by atoms with van der Waals surface area (Å²) in [6, 6.07) is 4.84. The Bertz CT molecular complexity index is 757. The highest BCUT2D eigenvalue weighted by atomic mass is 79.9. The van der Waals surface area contributed by atoms with Gasteiger partial charge in [-0.2, -0.15) is 0 Å². The van der Waals surface area contributed by atoms with Gasteiger partial charge in [-0.25, -0.2) is 18.5 Å². The van der Waals surface area contributed by atoms with E-state index in [0.29, 0.717) is 27.2 Å². The zero-order valence-electron chi connectivity index (χ0n) is 13.2. The van der Waals surface area contributed by atoms with E-state index in [1.165, 1.54) is 32.4 Å². The van der Waals surface area contributed by atoms with E-state index >= 15 is 0 Å². The van der Waals surface area contributed by atoms with Crippen LogP contribution in [0, 0.1) is 31.7 Å². The second kappa shape index (κ2) is 8.85. The largest absolute Gasteiger partial charge is 0.498 e. The molecular weight excluding hydrogens is 382 g/mol. The number of nitrogens with zero attached hydrogens (tertiary/aromatic N) is 2. The lowest BCUT2D eigenvalue weighted by atomic mass is 10.2. The molecular formula is C17H13BrF2N2O2. The van der Waals surface area contributed by atoms with Crippen LogP contribution in [0.3, 0.4) is 0 Å². The van der Waals surface area contributed by atoms with Crippen LogP contribution in [0.15, 0.2) is 28.7 Å². The maximum Gasteiger partial charge on any atom is 0.207 e. The van der Waals surface area contributed by atoms with E-state index in [1.54, 1.807) is 6.92 Å². The van der Waals surface area contributed by atoms with Crippen LogP contribution in [0.2, 0.25) is 0 Å². The maximum absolute atomic E-state index is 12.8. The summed E-state index contributed by atoms with van der Waals surface area (Å²) in [6.07, 6.45) is 0. The van der Waals surface area contributed by atoms with Crippen molar-refractivity contribution in [2.45, 2.75) is 6.92 Å². The molecule has 4 nitrogen and oxygen atoms in total. The van der Waals surface area contributed by atoms with Crippen molar-refractivity contribution in [1.29, 1.82) is 0 Å². The summed E-state index contributed by atoms with van der Waals surface area (Å²) in [5, 5.41) is 0. The van der Waals surface area contributed by atoms with Gasteiger partial charge in [0, 0.05) is 12.1 Å². The zero-order chi connectivity index (χ0) is 18.3. The number of hydrogen-bond acceptors (Lipinski definition) is 2. The molecule has 7 heteroatoms. The number of benzene rings is 2. The fourth-order valence-electron chi connectivity index (χ4n) is 1.75. The van der Waals surface area contributed by atoms with E-state index in [0.717, 1.165) is 6.07 Å². The molecule has 0 aliphatic carbocycles. The smallest absolute Gasteiger partial charge is 0.207 e. The molecule has 0 heterocycles. The number of ether oxygens (including phenoxy) is 2. The molecule has 24 heavy (non-hydrogen) atoms. The second-order valence-electron chi connectivity index (χ2n) is 4.42. The van der Waals surface area contributed by atoms with Crippen molar-refractivity contribution in [1.82, 2.24) is 0 Å². The molecule has 0 aromatic heterocycles. The molecule has 0 bridgehead atoms. The first kappa shape index (κ1) is 19.4. The Kier molecular flexibility index (Phi) is 7.16. The Balaban J connectivity index is 0.000000240. The molecule has 0 radical (unpaired) electrons. The minimum absolute atomic E-state index is 0.215. The monoisotopic (exact) mass is 394 g/mol. The van der Waals surface area contributed by atoms with Crippen molar-refractivity contribution < 1.29 is 18.3 Å². The van der Waals surface area contributed by atoms with Crippen molar-refractivity contribution in [3.8, 4) is 11.5 Å². The van der Waals surface area contributed by atoms with E-state index < -0.39 is 11.6 Å². The van der Waals surface area contributed by atoms with Crippen LogP contribution < -0.4 is 9.47 Å². The van der Waals surface area contributed by atoms with Gasteiger partial charge in [0.25, 0.3) is 0 Å². The van der Waals surface area contributed by atoms with Crippen LogP contribution in [-0.2, 0) is 0 Å². The normalized spacial score (nSPS) is 9.17. The van der Waals surface area contributed by atoms with Gasteiger partial charge in [0.2, 0.25) is 5.69 Å². The molecule has 0 aliphatic heterocycles. The van der Waals surface area contributed by atoms with Gasteiger partial charge in [-0.05, 0) is 24.6 Å². The summed E-state index contributed by atoms with van der Waals surface area (Å²) in [5.74, 6) is -0.161. The highest BCUT2D eigenvalue weighted by Gasteiger charge is 2.08. The van der Waals surface area contributed by atoms with Gasteiger partial charge in [-0.1, -0.05) is 15.9 Å². The summed E-state index contributed by atoms with van der Waals surface area (Å²) in [7, 11) is 2.88. The van der Waals surface area contributed by atoms with Gasteiger partial charge in [0.1, 0.15) is 23.1 Å². The second-order valence-corrected chi connectivity index (χ2v) is 5.21. The fraction of sp³-hybridized carbons (Fsp3) is 0.176. The molecule has 0 fully saturated rings. The highest BCUT2D eigenvalue weighted by molar-refractivity contribution is 9.10. The standard InChI is InChI=1S/C9H8FNO.C8H5BrFNO/c1-6-8(11-2)4-7(10)5-9(6)12-3;1-11-6-3-5(10)4-7(12-2)8(6)9/h4-5H,1,3H3;3-4H,2H3. The lowest BCUT2D eigenvalue weighted by Crippen LogP contribution is -1.88. The van der Waals surface area contributed by atoms with Gasteiger partial charge in [0.15, 0.2) is 5.69 Å². The van der Waals surface area contributed by atoms with Gasteiger partial charge in [-0.3, -0.25) is 0 Å². The lowest BCUT2D eigenvalue weighted by molar-refractivity contribution is 0.408. The van der Waals surface area contributed by atoms with Crippen molar-refractivity contribution in [2.24, 2.45) is 0 Å². The molecule has 0 unspecified atom stereocenters. The Morgan fingerprint density at radius 2 is 1.33 bits per heavy atom. The van der Waals surface area contributed by atoms with E-state index in [2.05, 4.69) is 25.6 Å². The zero-order valence-corrected chi connectivity index (χ0v) is 14.7. The highest BCUT2D eigenvalue weighted by Crippen LogP contribution is 2.35. The summed E-state index contributed by atoms with van der Waals surface area (Å²) in [5.41, 5.74) is 1.19. The van der Waals surface area contributed by atoms with E-state index in [1.807, 2.05) is 0 Å². The van der Waals surface area contributed by atoms with Crippen LogP contribution in [0.25, 0.3) is 9.69 Å². The quantitative estimate of drug-likeness (QED) is 0.598. The minimum Gasteiger partial charge on any atom is -0.498 e. The third-order valence-corrected chi connectivity index (χ3v) is 3.76. The molecule has 2 aromatic carbocycles. The van der Waals surface area contributed by atoms with Crippen LogP contribution in [0.4, 0.5) is 20.2 Å². The third-order valence-electron chi connectivity index (χ3n) is 2.96. The molecule has 0 atom stereocenters. The van der Waals surface area contributed by atoms with Crippen LogP contribution in [0.5, 0.6) is 11.5 Å². The first-order chi connectivity index (χ1) is 11.4. The SMILES string of the molecule is [C-]#[N+]c1cc(F)cc(OC)c1Br.[C-]#[N+]c1cc(F)cc(OC)c1C. The Morgan fingerprint density at radius 3 is 1.79 bits per heavy atom. The summed E-state index contributed by atoms with van der Waals surface area (Å²) >= 11 is 3.13. The first-order valence-electron chi connectivity index (χ1n) is 6.50. The first-order valence-corrected chi connectivity index (χ1v) is 7.29. The molecule has 0 aliphatic rings. The Hall–Kier alpha value is -2.64. The topological polar surface area (TPSA) is 27.2 Å². The van der Waals surface area contributed by atoms with Crippen molar-refractivity contribution >= 4 is 27.3 Å². The van der Waals surface area contributed by atoms with E-state index in [4.69, 9.17) is 22.6 Å². The average Bonchev–Trinajstić information content (AvgIpc) is 2.58. The Labute approximate surface area is 147 Å². The third kappa shape index (κ3) is 4.68. The summed E-state index contributed by atoms with van der Waals surface area (Å²) < 4.78 is 35.7. The maximum atomic E-state index is 12.8. The fourth-order valence-corrected chi connectivity index (χ4v) is 2.23. The average molecular weight is 395 g/mol. The summed E-state index contributed by atoms with van der Waals surface area (Å²) in [6.45, 7) is 15.2. The molecule has 0 saturated carbocycles. The molecule has 2 aromatic rings. The number of rotatable bonds is 2. The van der Waals surface area contributed by atoms with Gasteiger partial charge in [-0.15, -0.1) is 0 Å². The predicted octanol–water partition coefficient (Wildman–Crippen LogP) is 5.84. The molecule has 0 N–H and O–H groups in total. The van der Waals surface area contributed by atoms with Crippen molar-refractivity contribution in [3.05, 3.63) is 68.8 Å². The molecule has 0 amide bonds. The van der Waals surface area contributed by atoms with E-state index in [9.17, 15) is 8.78 Å². The van der Waals surface area contributed by atoms with Crippen molar-refractivity contribution in [2.75, 3.05) is 14.2 Å². The summed E-state index contributed by atoms with van der Waals surface area (Å²) in [4.78, 5) is 6.29. The number of halogens is 3. The van der Waals surface area contributed by atoms with Gasteiger partial charge >= 0.3 is 0 Å². The lowest BCUT2D eigenvalue weighted by Gasteiger charge is -2.05. The van der Waals surface area contributed by atoms with Gasteiger partial charge < -0.3 is 9.47 Å². The Morgan fingerprint density at radius 1 is 0.875 bits per heavy atom. The molecule has 124 valence electrons. The predicted molar refractivity (Wildman–Crippen MR) is 90.9 cm³/mol. The van der Waals surface area contributed by atoms with Crippen LogP contribution >= 0.6 is 15.9 Å². The number of hydrogen-bond donors (Lipinski definition) is 0.